The highest BCUT2D eigenvalue weighted by atomic mass is 79.9. The minimum atomic E-state index is -0.0512. The van der Waals surface area contributed by atoms with E-state index in [1.54, 1.807) is 36.2 Å². The average Bonchev–Trinajstić information content (AvgIpc) is 3.25. The summed E-state index contributed by atoms with van der Waals surface area (Å²) in [5.41, 5.74) is 0.590. The van der Waals surface area contributed by atoms with Gasteiger partial charge in [0.2, 0.25) is 5.95 Å². The van der Waals surface area contributed by atoms with E-state index in [0.29, 0.717) is 40.8 Å². The van der Waals surface area contributed by atoms with Crippen LogP contribution in [0.4, 0.5) is 11.8 Å². The second kappa shape index (κ2) is 8.87. The van der Waals surface area contributed by atoms with Gasteiger partial charge in [0.25, 0.3) is 5.56 Å². The van der Waals surface area contributed by atoms with E-state index in [1.165, 1.54) is 0 Å². The second-order valence-corrected chi connectivity index (χ2v) is 7.78. The van der Waals surface area contributed by atoms with Gasteiger partial charge in [0, 0.05) is 24.7 Å². The van der Waals surface area contributed by atoms with Gasteiger partial charge in [0.15, 0.2) is 0 Å². The van der Waals surface area contributed by atoms with Crippen molar-refractivity contribution >= 4 is 38.7 Å². The van der Waals surface area contributed by atoms with Crippen molar-refractivity contribution in [2.24, 2.45) is 0 Å². The Kier molecular flexibility index (Phi) is 6.05. The topological polar surface area (TPSA) is 91.2 Å². The number of halogens is 1. The number of methoxy groups -OCH3 is 1. The highest BCUT2D eigenvalue weighted by Gasteiger charge is 2.22. The van der Waals surface area contributed by atoms with Crippen molar-refractivity contribution in [1.29, 1.82) is 0 Å². The zero-order chi connectivity index (χ0) is 20.2. The van der Waals surface area contributed by atoms with E-state index in [4.69, 9.17) is 9.47 Å². The van der Waals surface area contributed by atoms with E-state index >= 15 is 0 Å². The molecule has 3 aromatic rings. The third-order valence-electron chi connectivity index (χ3n) is 4.95. The molecule has 3 heterocycles. The summed E-state index contributed by atoms with van der Waals surface area (Å²) in [5, 5.41) is 3.92. The molecule has 3 aromatic heterocycles. The fourth-order valence-corrected chi connectivity index (χ4v) is 3.98. The van der Waals surface area contributed by atoms with Gasteiger partial charge in [-0.05, 0) is 47.0 Å². The Morgan fingerprint density at radius 2 is 2.03 bits per heavy atom. The van der Waals surface area contributed by atoms with E-state index in [-0.39, 0.29) is 11.6 Å². The van der Waals surface area contributed by atoms with Crippen LogP contribution in [0.5, 0.6) is 5.75 Å². The quantitative estimate of drug-likeness (QED) is 0.536. The van der Waals surface area contributed by atoms with Crippen LogP contribution in [0.3, 0.4) is 0 Å². The molecule has 0 aliphatic heterocycles. The summed E-state index contributed by atoms with van der Waals surface area (Å²) in [6, 6.07) is 5.56. The molecule has 8 nitrogen and oxygen atoms in total. The normalized spacial score (nSPS) is 14.4. The highest BCUT2D eigenvalue weighted by Crippen LogP contribution is 2.31. The van der Waals surface area contributed by atoms with Gasteiger partial charge < -0.3 is 14.8 Å². The summed E-state index contributed by atoms with van der Waals surface area (Å²) in [5.74, 6) is 1.65. The monoisotopic (exact) mass is 459 g/mol. The van der Waals surface area contributed by atoms with Crippen LogP contribution in [0.25, 0.3) is 11.0 Å². The van der Waals surface area contributed by atoms with Gasteiger partial charge in [-0.2, -0.15) is 4.98 Å². The van der Waals surface area contributed by atoms with E-state index in [9.17, 15) is 4.79 Å². The fourth-order valence-electron chi connectivity index (χ4n) is 3.54. The number of nitrogens with one attached hydrogen (secondary N) is 1. The smallest absolute Gasteiger partial charge is 0.266 e. The third kappa shape index (κ3) is 4.40. The number of hydrogen-bond acceptors (Lipinski definition) is 7. The number of hydrogen-bond donors (Lipinski definition) is 1. The number of aromatic nitrogens is 4. The Bertz CT molecular complexity index is 1050. The molecule has 152 valence electrons. The van der Waals surface area contributed by atoms with Crippen LogP contribution in [0, 0.1) is 0 Å². The number of anilines is 2. The van der Waals surface area contributed by atoms with Crippen molar-refractivity contribution < 1.29 is 9.47 Å². The van der Waals surface area contributed by atoms with E-state index in [2.05, 4.69) is 36.2 Å². The molecule has 0 bridgehead atoms. The fraction of sp³-hybridized carbons (Fsp3) is 0.400. The first-order valence-electron chi connectivity index (χ1n) is 9.58. The van der Waals surface area contributed by atoms with Gasteiger partial charge in [0.1, 0.15) is 23.8 Å². The van der Waals surface area contributed by atoms with Gasteiger partial charge in [-0.25, -0.2) is 9.97 Å². The van der Waals surface area contributed by atoms with Crippen molar-refractivity contribution in [3.63, 3.8) is 0 Å². The predicted molar refractivity (Wildman–Crippen MR) is 114 cm³/mol. The number of fused-ring (bicyclic) bond motifs is 1. The number of pyridine rings is 2. The summed E-state index contributed by atoms with van der Waals surface area (Å²) >= 11 is 3.38. The van der Waals surface area contributed by atoms with E-state index < -0.39 is 0 Å². The SMILES string of the molecule is COCCOc1ccc(Nc2ncc3cc(Br)c(=O)n(C4CCCC4)c3n2)nc1. The van der Waals surface area contributed by atoms with Crippen molar-refractivity contribution in [2.75, 3.05) is 25.6 Å². The van der Waals surface area contributed by atoms with E-state index in [0.717, 1.165) is 31.1 Å². The van der Waals surface area contributed by atoms with Gasteiger partial charge in [-0.15, -0.1) is 0 Å². The molecule has 0 saturated heterocycles. The molecule has 29 heavy (non-hydrogen) atoms. The molecule has 0 aromatic carbocycles. The van der Waals surface area contributed by atoms with Crippen LogP contribution in [0.1, 0.15) is 31.7 Å². The first-order valence-corrected chi connectivity index (χ1v) is 10.4. The molecule has 0 unspecified atom stereocenters. The lowest BCUT2D eigenvalue weighted by molar-refractivity contribution is 0.146. The molecule has 0 amide bonds. The highest BCUT2D eigenvalue weighted by molar-refractivity contribution is 9.10. The Hall–Kier alpha value is -2.52. The molecule has 1 saturated carbocycles. The maximum absolute atomic E-state index is 12.8. The molecule has 1 aliphatic carbocycles. The average molecular weight is 460 g/mol. The van der Waals surface area contributed by atoms with Gasteiger partial charge in [-0.3, -0.25) is 9.36 Å². The maximum atomic E-state index is 12.8. The van der Waals surface area contributed by atoms with Gasteiger partial charge >= 0.3 is 0 Å². The standard InChI is InChI=1S/C20H22BrN5O3/c1-28-8-9-29-15-6-7-17(22-12-15)24-20-23-11-13-10-16(21)19(27)26(18(13)25-20)14-4-2-3-5-14/h6-7,10-12,14H,2-5,8-9H2,1H3,(H,22,23,24,25). The Balaban J connectivity index is 1.61. The molecule has 0 spiro atoms. The second-order valence-electron chi connectivity index (χ2n) is 6.92. The zero-order valence-corrected chi connectivity index (χ0v) is 17.7. The van der Waals surface area contributed by atoms with Crippen LogP contribution in [-0.2, 0) is 4.74 Å². The molecular weight excluding hydrogens is 438 g/mol. The van der Waals surface area contributed by atoms with Crippen molar-refractivity contribution in [3.05, 3.63) is 45.4 Å². The van der Waals surface area contributed by atoms with Crippen molar-refractivity contribution in [1.82, 2.24) is 19.5 Å². The van der Waals surface area contributed by atoms with Crippen LogP contribution in [-0.4, -0.2) is 39.8 Å². The maximum Gasteiger partial charge on any atom is 0.266 e. The van der Waals surface area contributed by atoms with Gasteiger partial charge in [0.05, 0.1) is 17.3 Å². The zero-order valence-electron chi connectivity index (χ0n) is 16.1. The van der Waals surface area contributed by atoms with Crippen LogP contribution in [0.2, 0.25) is 0 Å². The number of ether oxygens (including phenoxy) is 2. The Morgan fingerprint density at radius 3 is 2.76 bits per heavy atom. The first kappa shape index (κ1) is 19.8. The first-order chi connectivity index (χ1) is 14.2. The lowest BCUT2D eigenvalue weighted by atomic mass is 10.2. The Morgan fingerprint density at radius 1 is 1.21 bits per heavy atom. The largest absolute Gasteiger partial charge is 0.490 e. The molecule has 4 rings (SSSR count). The van der Waals surface area contributed by atoms with Crippen LogP contribution >= 0.6 is 15.9 Å². The molecule has 0 atom stereocenters. The lowest BCUT2D eigenvalue weighted by Gasteiger charge is -2.17. The molecule has 9 heteroatoms. The summed E-state index contributed by atoms with van der Waals surface area (Å²) in [4.78, 5) is 26.1. The van der Waals surface area contributed by atoms with Crippen molar-refractivity contribution in [3.8, 4) is 5.75 Å². The summed E-state index contributed by atoms with van der Waals surface area (Å²) in [6.45, 7) is 0.983. The minimum absolute atomic E-state index is 0.0512. The number of nitrogens with zero attached hydrogens (tertiary/aromatic N) is 4. The molecule has 1 aliphatic rings. The predicted octanol–water partition coefficient (Wildman–Crippen LogP) is 3.83. The van der Waals surface area contributed by atoms with E-state index in [1.807, 2.05) is 6.07 Å². The summed E-state index contributed by atoms with van der Waals surface area (Å²) < 4.78 is 12.8. The van der Waals surface area contributed by atoms with Crippen LogP contribution in [0.15, 0.2) is 39.9 Å². The Labute approximate surface area is 176 Å². The third-order valence-corrected chi connectivity index (χ3v) is 5.52. The molecule has 0 radical (unpaired) electrons. The minimum Gasteiger partial charge on any atom is -0.490 e. The van der Waals surface area contributed by atoms with Crippen LogP contribution < -0.4 is 15.6 Å². The molecule has 1 N–H and O–H groups in total. The van der Waals surface area contributed by atoms with Crippen molar-refractivity contribution in [2.45, 2.75) is 31.7 Å². The lowest BCUT2D eigenvalue weighted by Crippen LogP contribution is -2.25. The summed E-state index contributed by atoms with van der Waals surface area (Å²) in [7, 11) is 1.63. The van der Waals surface area contributed by atoms with Gasteiger partial charge in [-0.1, -0.05) is 12.8 Å². The molecule has 1 fully saturated rings. The molecular formula is C20H22BrN5O3. The number of rotatable bonds is 7. The summed E-state index contributed by atoms with van der Waals surface area (Å²) in [6.07, 6.45) is 7.59.